The molecule has 1 rings (SSSR count). The quantitative estimate of drug-likeness (QED) is 0.739. The first kappa shape index (κ1) is 7.92. The van der Waals surface area contributed by atoms with Gasteiger partial charge in [0.15, 0.2) is 0 Å². The van der Waals surface area contributed by atoms with Gasteiger partial charge in [-0.05, 0) is 12.1 Å². The standard InChI is InChI=1S/C6H6O.Po.2H/c7-6-4-2-1-3-5-6;;;/h1-5,7H;;;. The van der Waals surface area contributed by atoms with Crippen molar-refractivity contribution in [1.82, 2.24) is 0 Å². The molecule has 0 spiro atoms. The Labute approximate surface area is 67.8 Å². The van der Waals surface area contributed by atoms with E-state index in [-0.39, 0.29) is 26.6 Å². The fraction of sp³-hybridized carbons (Fsp3) is 0. The first-order valence-electron chi connectivity index (χ1n) is 2.13. The molecule has 0 bridgehead atoms. The Bertz CT molecular complexity index is 138. The monoisotopic (exact) mass is 305 g/mol. The number of benzene rings is 1. The van der Waals surface area contributed by atoms with E-state index in [1.807, 2.05) is 6.07 Å². The van der Waals surface area contributed by atoms with E-state index in [0.717, 1.165) is 0 Å². The number of rotatable bonds is 0. The van der Waals surface area contributed by atoms with Gasteiger partial charge in [0.1, 0.15) is 5.75 Å². The van der Waals surface area contributed by atoms with Crippen molar-refractivity contribution in [1.29, 1.82) is 0 Å². The summed E-state index contributed by atoms with van der Waals surface area (Å²) in [5.74, 6) is 0.322. The Morgan fingerprint density at radius 2 is 1.50 bits per heavy atom. The summed E-state index contributed by atoms with van der Waals surface area (Å²) in [5, 5.41) is 8.63. The van der Waals surface area contributed by atoms with Gasteiger partial charge < -0.3 is 5.11 Å². The molecule has 1 aromatic carbocycles. The normalized spacial score (nSPS) is 7.50. The van der Waals surface area contributed by atoms with E-state index in [0.29, 0.717) is 5.75 Å². The van der Waals surface area contributed by atoms with Crippen LogP contribution in [-0.4, -0.2) is 31.7 Å². The van der Waals surface area contributed by atoms with Crippen LogP contribution in [0.3, 0.4) is 0 Å². The van der Waals surface area contributed by atoms with Gasteiger partial charge in [0.05, 0.1) is 0 Å². The van der Waals surface area contributed by atoms with Crippen LogP contribution in [0, 0.1) is 0 Å². The van der Waals surface area contributed by atoms with Crippen molar-refractivity contribution in [3.63, 3.8) is 0 Å². The topological polar surface area (TPSA) is 20.2 Å². The Morgan fingerprint density at radius 3 is 1.75 bits per heavy atom. The van der Waals surface area contributed by atoms with Crippen LogP contribution in [0.25, 0.3) is 0 Å². The van der Waals surface area contributed by atoms with Gasteiger partial charge in [-0.15, -0.1) is 0 Å². The zero-order valence-electron chi connectivity index (χ0n) is 4.33. The fourth-order valence-electron chi connectivity index (χ4n) is 0.428. The molecule has 0 aliphatic rings. The summed E-state index contributed by atoms with van der Waals surface area (Å²) in [6.07, 6.45) is 0. The predicted molar refractivity (Wildman–Crippen MR) is 36.7 cm³/mol. The van der Waals surface area contributed by atoms with Crippen LogP contribution in [0.1, 0.15) is 0 Å². The average molecular weight is 305 g/mol. The van der Waals surface area contributed by atoms with E-state index in [1.54, 1.807) is 24.3 Å². The molecule has 0 saturated carbocycles. The molecule has 44 valence electrons. The summed E-state index contributed by atoms with van der Waals surface area (Å²) in [7, 11) is 0. The SMILES string of the molecule is Oc1ccccc1.[PoH2]. The number of phenolic OH excluding ortho intramolecular Hbond substituents is 1. The summed E-state index contributed by atoms with van der Waals surface area (Å²) < 4.78 is 0. The molecule has 0 radical (unpaired) electrons. The van der Waals surface area contributed by atoms with E-state index < -0.39 is 0 Å². The molecule has 0 heterocycles. The first-order chi connectivity index (χ1) is 3.39. The molecule has 0 saturated heterocycles. The van der Waals surface area contributed by atoms with Crippen LogP contribution in [-0.2, 0) is 0 Å². The molecular formula is C6H8OPo. The van der Waals surface area contributed by atoms with Crippen molar-refractivity contribution < 1.29 is 5.11 Å². The minimum absolute atomic E-state index is 0. The minimum atomic E-state index is 0. The summed E-state index contributed by atoms with van der Waals surface area (Å²) in [6, 6.07) is 8.71. The van der Waals surface area contributed by atoms with Crippen LogP contribution in [0.15, 0.2) is 30.3 Å². The van der Waals surface area contributed by atoms with Crippen LogP contribution >= 0.6 is 0 Å². The van der Waals surface area contributed by atoms with Crippen molar-refractivity contribution in [3.05, 3.63) is 30.3 Å². The van der Waals surface area contributed by atoms with Crippen molar-refractivity contribution >= 4 is 26.6 Å². The third-order valence-corrected chi connectivity index (χ3v) is 0.756. The van der Waals surface area contributed by atoms with E-state index in [9.17, 15) is 0 Å². The van der Waals surface area contributed by atoms with Gasteiger partial charge in [-0.25, -0.2) is 0 Å². The molecule has 0 aliphatic heterocycles. The predicted octanol–water partition coefficient (Wildman–Crippen LogP) is 0.476. The first-order valence-corrected chi connectivity index (χ1v) is 2.13. The van der Waals surface area contributed by atoms with Crippen molar-refractivity contribution in [2.24, 2.45) is 0 Å². The third-order valence-electron chi connectivity index (χ3n) is 0.756. The number of phenols is 1. The van der Waals surface area contributed by atoms with Gasteiger partial charge in [0.25, 0.3) is 0 Å². The zero-order chi connectivity index (χ0) is 5.11. The third kappa shape index (κ3) is 2.28. The van der Waals surface area contributed by atoms with Crippen LogP contribution in [0.5, 0.6) is 5.75 Å². The van der Waals surface area contributed by atoms with E-state index in [4.69, 9.17) is 5.11 Å². The molecule has 1 nitrogen and oxygen atoms in total. The van der Waals surface area contributed by atoms with Gasteiger partial charge >= 0.3 is 26.6 Å². The molecule has 0 unspecified atom stereocenters. The summed E-state index contributed by atoms with van der Waals surface area (Å²) in [6.45, 7) is 0. The molecule has 2 heteroatoms. The Morgan fingerprint density at radius 1 is 1.00 bits per heavy atom. The Balaban J connectivity index is 0.000000490. The van der Waals surface area contributed by atoms with Crippen LogP contribution in [0.2, 0.25) is 0 Å². The zero-order valence-corrected chi connectivity index (χ0v) is 8.22. The van der Waals surface area contributed by atoms with Gasteiger partial charge in [-0.1, -0.05) is 18.2 Å². The fourth-order valence-corrected chi connectivity index (χ4v) is 0.428. The molecule has 0 fully saturated rings. The number of hydrogen-bond donors (Lipinski definition) is 1. The van der Waals surface area contributed by atoms with E-state index in [2.05, 4.69) is 0 Å². The van der Waals surface area contributed by atoms with Crippen molar-refractivity contribution in [2.75, 3.05) is 0 Å². The number of aromatic hydroxyl groups is 1. The molecule has 0 aliphatic carbocycles. The van der Waals surface area contributed by atoms with Gasteiger partial charge in [0, 0.05) is 0 Å². The molecule has 8 heavy (non-hydrogen) atoms. The van der Waals surface area contributed by atoms with E-state index >= 15 is 0 Å². The number of hydrogen-bond acceptors (Lipinski definition) is 1. The van der Waals surface area contributed by atoms with Crippen molar-refractivity contribution in [2.45, 2.75) is 0 Å². The van der Waals surface area contributed by atoms with Crippen LogP contribution in [0.4, 0.5) is 0 Å². The van der Waals surface area contributed by atoms with Gasteiger partial charge in [-0.3, -0.25) is 0 Å². The Kier molecular flexibility index (Phi) is 3.82. The molecular weight excluding hydrogens is 297 g/mol. The molecule has 0 amide bonds. The second kappa shape index (κ2) is 3.86. The molecule has 0 atom stereocenters. The van der Waals surface area contributed by atoms with Gasteiger partial charge in [-0.2, -0.15) is 0 Å². The van der Waals surface area contributed by atoms with E-state index in [1.165, 1.54) is 0 Å². The van der Waals surface area contributed by atoms with Gasteiger partial charge in [0.2, 0.25) is 0 Å². The molecule has 1 aromatic rings. The summed E-state index contributed by atoms with van der Waals surface area (Å²) in [4.78, 5) is 0. The maximum absolute atomic E-state index is 8.63. The second-order valence-electron chi connectivity index (χ2n) is 1.34. The maximum atomic E-state index is 8.63. The second-order valence-corrected chi connectivity index (χ2v) is 1.34. The number of para-hydroxylation sites is 1. The summed E-state index contributed by atoms with van der Waals surface area (Å²) in [5.41, 5.74) is 0. The summed E-state index contributed by atoms with van der Waals surface area (Å²) >= 11 is 0. The average Bonchev–Trinajstić information content (AvgIpc) is 1.69. The van der Waals surface area contributed by atoms with Crippen LogP contribution < -0.4 is 0 Å². The molecule has 0 aromatic heterocycles. The molecule has 1 N–H and O–H groups in total. The Hall–Kier alpha value is -0.0839. The van der Waals surface area contributed by atoms with Crippen molar-refractivity contribution in [3.8, 4) is 5.75 Å².